The third-order valence-corrected chi connectivity index (χ3v) is 2.68. The van der Waals surface area contributed by atoms with Crippen molar-refractivity contribution in [3.05, 3.63) is 24.0 Å². The molecule has 1 fully saturated rings. The smallest absolute Gasteiger partial charge is 0.229 e. The fourth-order valence-corrected chi connectivity index (χ4v) is 1.98. The number of hydrogen-bond acceptors (Lipinski definition) is 3. The summed E-state index contributed by atoms with van der Waals surface area (Å²) in [6, 6.07) is 4.05. The minimum Gasteiger partial charge on any atom is -0.489 e. The summed E-state index contributed by atoms with van der Waals surface area (Å²) in [5.41, 5.74) is 0.380. The molecule has 1 aromatic rings. The molecule has 0 aliphatic carbocycles. The van der Waals surface area contributed by atoms with Gasteiger partial charge in [0, 0.05) is 6.07 Å². The van der Waals surface area contributed by atoms with Crippen LogP contribution in [0.1, 0.15) is 20.3 Å². The molecule has 0 bridgehead atoms. The van der Waals surface area contributed by atoms with Crippen LogP contribution in [0.2, 0.25) is 0 Å². The van der Waals surface area contributed by atoms with Crippen LogP contribution >= 0.6 is 0 Å². The molecule has 1 heterocycles. The Bertz CT molecular complexity index is 462. The number of hydrogen-bond donors (Lipinski definition) is 1. The molecular formula is C13H16FNO3. The summed E-state index contributed by atoms with van der Waals surface area (Å²) < 4.78 is 18.9. The van der Waals surface area contributed by atoms with Gasteiger partial charge < -0.3 is 14.7 Å². The summed E-state index contributed by atoms with van der Waals surface area (Å²) in [6.45, 7) is 3.89. The Labute approximate surface area is 105 Å². The number of carbonyl (C=O) groups excluding carboxylic acids is 1. The largest absolute Gasteiger partial charge is 0.489 e. The van der Waals surface area contributed by atoms with Crippen molar-refractivity contribution in [3.63, 3.8) is 0 Å². The molecule has 0 radical (unpaired) electrons. The number of aliphatic hydroxyl groups is 1. The average molecular weight is 253 g/mol. The minimum absolute atomic E-state index is 0.0671. The summed E-state index contributed by atoms with van der Waals surface area (Å²) in [4.78, 5) is 13.1. The summed E-state index contributed by atoms with van der Waals surface area (Å²) in [5, 5.41) is 9.48. The average Bonchev–Trinajstić information content (AvgIpc) is 2.60. The molecule has 18 heavy (non-hydrogen) atoms. The maximum absolute atomic E-state index is 13.3. The van der Waals surface area contributed by atoms with Gasteiger partial charge in [-0.25, -0.2) is 4.39 Å². The molecule has 0 saturated carbocycles. The van der Waals surface area contributed by atoms with Crippen LogP contribution in [0.15, 0.2) is 18.2 Å². The van der Waals surface area contributed by atoms with Crippen molar-refractivity contribution < 1.29 is 19.0 Å². The van der Waals surface area contributed by atoms with E-state index in [1.165, 1.54) is 23.1 Å². The van der Waals surface area contributed by atoms with Gasteiger partial charge in [0.15, 0.2) is 0 Å². The first-order valence-electron chi connectivity index (χ1n) is 5.92. The Balaban J connectivity index is 2.35. The van der Waals surface area contributed by atoms with Gasteiger partial charge in [-0.1, -0.05) is 0 Å². The van der Waals surface area contributed by atoms with Gasteiger partial charge >= 0.3 is 0 Å². The first-order chi connectivity index (χ1) is 8.47. The number of halogens is 1. The first-order valence-corrected chi connectivity index (χ1v) is 5.92. The first kappa shape index (κ1) is 12.8. The molecule has 0 spiro atoms. The van der Waals surface area contributed by atoms with E-state index in [4.69, 9.17) is 4.74 Å². The highest BCUT2D eigenvalue weighted by atomic mass is 19.1. The third kappa shape index (κ3) is 2.61. The maximum Gasteiger partial charge on any atom is 0.229 e. The van der Waals surface area contributed by atoms with E-state index >= 15 is 0 Å². The number of β-amino-alcohol motifs (C(OH)–C–C–N with tert-alkyl or cyclic N) is 1. The van der Waals surface area contributed by atoms with E-state index in [2.05, 4.69) is 0 Å². The van der Waals surface area contributed by atoms with E-state index in [9.17, 15) is 14.3 Å². The predicted molar refractivity (Wildman–Crippen MR) is 65.1 cm³/mol. The van der Waals surface area contributed by atoms with Crippen LogP contribution in [0.5, 0.6) is 5.75 Å². The number of amides is 1. The molecule has 98 valence electrons. The zero-order valence-corrected chi connectivity index (χ0v) is 10.4. The number of ether oxygens (including phenoxy) is 1. The summed E-state index contributed by atoms with van der Waals surface area (Å²) >= 11 is 0. The Hall–Kier alpha value is -1.62. The van der Waals surface area contributed by atoms with Crippen LogP contribution in [0.3, 0.4) is 0 Å². The van der Waals surface area contributed by atoms with Crippen molar-refractivity contribution in [1.82, 2.24) is 0 Å². The number of carbonyl (C=O) groups is 1. The lowest BCUT2D eigenvalue weighted by Gasteiger charge is -2.21. The van der Waals surface area contributed by atoms with Gasteiger partial charge in [-0.2, -0.15) is 0 Å². The third-order valence-electron chi connectivity index (χ3n) is 2.68. The molecule has 1 N–H and O–H groups in total. The molecule has 1 unspecified atom stereocenters. The van der Waals surface area contributed by atoms with Gasteiger partial charge in [0.2, 0.25) is 5.91 Å². The van der Waals surface area contributed by atoms with Gasteiger partial charge in [0.05, 0.1) is 30.9 Å². The Morgan fingerprint density at radius 3 is 2.78 bits per heavy atom. The SMILES string of the molecule is CC(C)Oc1ccc(F)cc1N1CC(O)CC1=O. The number of rotatable bonds is 3. The van der Waals surface area contributed by atoms with Crippen LogP contribution in [0.4, 0.5) is 10.1 Å². The molecule has 1 saturated heterocycles. The Morgan fingerprint density at radius 2 is 2.22 bits per heavy atom. The van der Waals surface area contributed by atoms with E-state index < -0.39 is 11.9 Å². The second kappa shape index (κ2) is 4.94. The van der Waals surface area contributed by atoms with Crippen LogP contribution in [0.25, 0.3) is 0 Å². The highest BCUT2D eigenvalue weighted by Crippen LogP contribution is 2.33. The molecule has 1 atom stereocenters. The number of anilines is 1. The minimum atomic E-state index is -0.701. The van der Waals surface area contributed by atoms with E-state index in [0.717, 1.165) is 0 Å². The monoisotopic (exact) mass is 253 g/mol. The molecular weight excluding hydrogens is 237 g/mol. The van der Waals surface area contributed by atoms with Crippen LogP contribution in [-0.4, -0.2) is 29.8 Å². The van der Waals surface area contributed by atoms with Crippen molar-refractivity contribution in [1.29, 1.82) is 0 Å². The molecule has 0 aromatic heterocycles. The fourth-order valence-electron chi connectivity index (χ4n) is 1.98. The summed E-state index contributed by atoms with van der Waals surface area (Å²) in [7, 11) is 0. The normalized spacial score (nSPS) is 19.7. The Kier molecular flexibility index (Phi) is 3.52. The van der Waals surface area contributed by atoms with Gasteiger partial charge in [-0.05, 0) is 26.0 Å². The van der Waals surface area contributed by atoms with E-state index in [0.29, 0.717) is 11.4 Å². The molecule has 2 rings (SSSR count). The molecule has 1 aromatic carbocycles. The Morgan fingerprint density at radius 1 is 1.50 bits per heavy atom. The molecule has 4 nitrogen and oxygen atoms in total. The zero-order chi connectivity index (χ0) is 13.3. The van der Waals surface area contributed by atoms with Gasteiger partial charge in [-0.3, -0.25) is 4.79 Å². The summed E-state index contributed by atoms with van der Waals surface area (Å²) in [5.74, 6) is -0.203. The fraction of sp³-hybridized carbons (Fsp3) is 0.462. The van der Waals surface area contributed by atoms with Crippen LogP contribution in [0, 0.1) is 5.82 Å². The lowest BCUT2D eigenvalue weighted by molar-refractivity contribution is -0.117. The van der Waals surface area contributed by atoms with Crippen molar-refractivity contribution in [2.75, 3.05) is 11.4 Å². The topological polar surface area (TPSA) is 49.8 Å². The quantitative estimate of drug-likeness (QED) is 0.892. The molecule has 5 heteroatoms. The van der Waals surface area contributed by atoms with Gasteiger partial charge in [-0.15, -0.1) is 0 Å². The van der Waals surface area contributed by atoms with E-state index in [-0.39, 0.29) is 25.0 Å². The van der Waals surface area contributed by atoms with Crippen molar-refractivity contribution in [3.8, 4) is 5.75 Å². The highest BCUT2D eigenvalue weighted by molar-refractivity contribution is 5.97. The molecule has 1 amide bonds. The van der Waals surface area contributed by atoms with Crippen LogP contribution < -0.4 is 9.64 Å². The lowest BCUT2D eigenvalue weighted by atomic mass is 10.2. The van der Waals surface area contributed by atoms with Gasteiger partial charge in [0.1, 0.15) is 11.6 Å². The van der Waals surface area contributed by atoms with Crippen molar-refractivity contribution in [2.24, 2.45) is 0 Å². The predicted octanol–water partition coefficient (Wildman–Crippen LogP) is 1.71. The number of aliphatic hydroxyl groups excluding tert-OH is 1. The second-order valence-corrected chi connectivity index (χ2v) is 4.64. The van der Waals surface area contributed by atoms with Crippen molar-refractivity contribution in [2.45, 2.75) is 32.5 Å². The number of nitrogens with zero attached hydrogens (tertiary/aromatic N) is 1. The molecule has 1 aliphatic rings. The van der Waals surface area contributed by atoms with E-state index in [1.54, 1.807) is 0 Å². The number of benzene rings is 1. The summed E-state index contributed by atoms with van der Waals surface area (Å²) in [6.07, 6.45) is -0.707. The lowest BCUT2D eigenvalue weighted by Crippen LogP contribution is -2.26. The van der Waals surface area contributed by atoms with Crippen molar-refractivity contribution >= 4 is 11.6 Å². The highest BCUT2D eigenvalue weighted by Gasteiger charge is 2.31. The standard InChI is InChI=1S/C13H16FNO3/c1-8(2)18-12-4-3-9(14)5-11(12)15-7-10(16)6-13(15)17/h3-5,8,10,16H,6-7H2,1-2H3. The van der Waals surface area contributed by atoms with Gasteiger partial charge in [0.25, 0.3) is 0 Å². The van der Waals surface area contributed by atoms with Crippen LogP contribution in [-0.2, 0) is 4.79 Å². The van der Waals surface area contributed by atoms with E-state index in [1.807, 2.05) is 13.8 Å². The maximum atomic E-state index is 13.3. The second-order valence-electron chi connectivity index (χ2n) is 4.64. The zero-order valence-electron chi connectivity index (χ0n) is 10.4. The molecule has 1 aliphatic heterocycles.